The van der Waals surface area contributed by atoms with Crippen molar-refractivity contribution in [2.45, 2.75) is 32.9 Å². The summed E-state index contributed by atoms with van der Waals surface area (Å²) in [5.41, 5.74) is 0.734. The minimum absolute atomic E-state index is 0.101. The van der Waals surface area contributed by atoms with Gasteiger partial charge in [-0.25, -0.2) is 9.48 Å². The van der Waals surface area contributed by atoms with Gasteiger partial charge in [0.2, 0.25) is 0 Å². The number of aromatic nitrogens is 2. The van der Waals surface area contributed by atoms with Gasteiger partial charge in [0.05, 0.1) is 12.0 Å². The first-order chi connectivity index (χ1) is 14.0. The summed E-state index contributed by atoms with van der Waals surface area (Å²) in [6.07, 6.45) is 0.288. The molecule has 7 heteroatoms. The van der Waals surface area contributed by atoms with E-state index in [0.29, 0.717) is 17.3 Å². The van der Waals surface area contributed by atoms with Crippen LogP contribution in [0, 0.1) is 0 Å². The maximum Gasteiger partial charge on any atom is 0.328 e. The molecule has 1 amide bonds. The topological polar surface area (TPSA) is 90.3 Å². The van der Waals surface area contributed by atoms with E-state index in [1.165, 1.54) is 4.68 Å². The van der Waals surface area contributed by atoms with Crippen LogP contribution in [0.2, 0.25) is 0 Å². The summed E-state index contributed by atoms with van der Waals surface area (Å²) >= 11 is 0. The van der Waals surface area contributed by atoms with E-state index >= 15 is 0 Å². The first-order valence-corrected chi connectivity index (χ1v) is 9.56. The Balaban J connectivity index is 1.96. The Hall–Kier alpha value is -3.48. The van der Waals surface area contributed by atoms with E-state index in [-0.39, 0.29) is 24.3 Å². The zero-order valence-electron chi connectivity index (χ0n) is 16.4. The van der Waals surface area contributed by atoms with Crippen LogP contribution in [0.4, 0.5) is 0 Å². The third-order valence-corrected chi connectivity index (χ3v) is 4.54. The molecule has 3 aromatic rings. The van der Waals surface area contributed by atoms with Crippen LogP contribution in [0.25, 0.3) is 10.8 Å². The highest BCUT2D eigenvalue weighted by molar-refractivity contribution is 6.05. The van der Waals surface area contributed by atoms with Crippen LogP contribution < -0.4 is 10.9 Å². The minimum atomic E-state index is -0.868. The van der Waals surface area contributed by atoms with Crippen molar-refractivity contribution in [3.63, 3.8) is 0 Å². The Morgan fingerprint density at radius 3 is 2.34 bits per heavy atom. The summed E-state index contributed by atoms with van der Waals surface area (Å²) in [4.78, 5) is 38.0. The van der Waals surface area contributed by atoms with Gasteiger partial charge in [-0.3, -0.25) is 9.59 Å². The number of nitrogens with zero attached hydrogens (tertiary/aromatic N) is 2. The van der Waals surface area contributed by atoms with E-state index in [1.807, 2.05) is 30.3 Å². The number of hydrogen-bond acceptors (Lipinski definition) is 5. The maximum atomic E-state index is 13.1. The lowest BCUT2D eigenvalue weighted by Gasteiger charge is -2.18. The number of carbonyl (C=O) groups excluding carboxylic acids is 2. The zero-order chi connectivity index (χ0) is 20.8. The monoisotopic (exact) mass is 393 g/mol. The molecule has 150 valence electrons. The van der Waals surface area contributed by atoms with Gasteiger partial charge in [0.25, 0.3) is 11.5 Å². The Bertz CT molecular complexity index is 1080. The molecule has 1 N–H and O–H groups in total. The van der Waals surface area contributed by atoms with Crippen LogP contribution in [-0.4, -0.2) is 34.3 Å². The molecule has 7 nitrogen and oxygen atoms in total. The lowest BCUT2D eigenvalue weighted by atomic mass is 10.1. The van der Waals surface area contributed by atoms with Crippen molar-refractivity contribution in [1.82, 2.24) is 15.1 Å². The average Bonchev–Trinajstić information content (AvgIpc) is 2.74. The van der Waals surface area contributed by atoms with Crippen LogP contribution in [0.1, 0.15) is 29.9 Å². The van der Waals surface area contributed by atoms with E-state index in [0.717, 1.165) is 5.56 Å². The lowest BCUT2D eigenvalue weighted by Crippen LogP contribution is -2.44. The number of ether oxygens (including phenoxy) is 1. The standard InChI is InChI=1S/C22H23N3O4/c1-3-25-21(27)17-13-9-8-12-16(17)19(24-25)20(26)23-18(22(28)29-4-2)14-15-10-6-5-7-11-15/h5-13,18H,3-4,14H2,1-2H3,(H,23,26). The van der Waals surface area contributed by atoms with Crippen molar-refractivity contribution in [2.75, 3.05) is 6.61 Å². The Morgan fingerprint density at radius 2 is 1.69 bits per heavy atom. The molecular weight excluding hydrogens is 370 g/mol. The molecule has 0 saturated carbocycles. The van der Waals surface area contributed by atoms with Crippen LogP contribution >= 0.6 is 0 Å². The molecule has 0 aliphatic carbocycles. The van der Waals surface area contributed by atoms with Gasteiger partial charge in [-0.2, -0.15) is 5.10 Å². The van der Waals surface area contributed by atoms with Crippen molar-refractivity contribution in [2.24, 2.45) is 0 Å². The number of benzene rings is 2. The molecule has 0 radical (unpaired) electrons. The van der Waals surface area contributed by atoms with Crippen molar-refractivity contribution in [3.05, 3.63) is 76.2 Å². The van der Waals surface area contributed by atoms with E-state index in [1.54, 1.807) is 38.1 Å². The van der Waals surface area contributed by atoms with Gasteiger partial charge in [-0.05, 0) is 25.5 Å². The molecule has 0 spiro atoms. The van der Waals surface area contributed by atoms with Crippen LogP contribution in [0.3, 0.4) is 0 Å². The van der Waals surface area contributed by atoms with Gasteiger partial charge in [0.1, 0.15) is 6.04 Å². The summed E-state index contributed by atoms with van der Waals surface area (Å²) < 4.78 is 6.38. The molecule has 0 aliphatic rings. The van der Waals surface area contributed by atoms with Gasteiger partial charge in [0, 0.05) is 18.4 Å². The molecule has 0 bridgehead atoms. The van der Waals surface area contributed by atoms with Crippen LogP contribution in [-0.2, 0) is 22.5 Å². The highest BCUT2D eigenvalue weighted by Crippen LogP contribution is 2.14. The quantitative estimate of drug-likeness (QED) is 0.622. The summed E-state index contributed by atoms with van der Waals surface area (Å²) in [6, 6.07) is 15.3. The minimum Gasteiger partial charge on any atom is -0.464 e. The fourth-order valence-corrected chi connectivity index (χ4v) is 3.13. The first kappa shape index (κ1) is 20.3. The SMILES string of the molecule is CCOC(=O)C(Cc1ccccc1)NC(=O)c1nn(CC)c(=O)c2ccccc12. The number of hydrogen-bond donors (Lipinski definition) is 1. The predicted molar refractivity (Wildman–Crippen MR) is 110 cm³/mol. The van der Waals surface area contributed by atoms with Crippen molar-refractivity contribution >= 4 is 22.6 Å². The van der Waals surface area contributed by atoms with Gasteiger partial charge in [-0.1, -0.05) is 48.5 Å². The predicted octanol–water partition coefficient (Wildman–Crippen LogP) is 2.32. The number of esters is 1. The van der Waals surface area contributed by atoms with Gasteiger partial charge in [0.15, 0.2) is 5.69 Å². The van der Waals surface area contributed by atoms with Gasteiger partial charge < -0.3 is 10.1 Å². The second kappa shape index (κ2) is 9.14. The number of fused-ring (bicyclic) bond motifs is 1. The molecular formula is C22H23N3O4. The van der Waals surface area contributed by atoms with E-state index in [2.05, 4.69) is 10.4 Å². The summed E-state index contributed by atoms with van der Waals surface area (Å²) in [5, 5.41) is 7.82. The number of aryl methyl sites for hydroxylation is 1. The van der Waals surface area contributed by atoms with Gasteiger partial charge >= 0.3 is 5.97 Å². The summed E-state index contributed by atoms with van der Waals surface area (Å²) in [6.45, 7) is 4.03. The molecule has 2 aromatic carbocycles. The lowest BCUT2D eigenvalue weighted by molar-refractivity contribution is -0.145. The number of carbonyl (C=O) groups is 2. The fourth-order valence-electron chi connectivity index (χ4n) is 3.13. The van der Waals surface area contributed by atoms with Crippen LogP contribution in [0.15, 0.2) is 59.4 Å². The van der Waals surface area contributed by atoms with Crippen molar-refractivity contribution < 1.29 is 14.3 Å². The third-order valence-electron chi connectivity index (χ3n) is 4.54. The van der Waals surface area contributed by atoms with Crippen molar-refractivity contribution in [1.29, 1.82) is 0 Å². The third kappa shape index (κ3) is 4.51. The molecule has 1 aromatic heterocycles. The molecule has 1 heterocycles. The molecule has 3 rings (SSSR count). The molecule has 0 saturated heterocycles. The maximum absolute atomic E-state index is 13.1. The number of amides is 1. The molecule has 29 heavy (non-hydrogen) atoms. The smallest absolute Gasteiger partial charge is 0.328 e. The molecule has 0 fully saturated rings. The molecule has 1 atom stereocenters. The van der Waals surface area contributed by atoms with Crippen molar-refractivity contribution in [3.8, 4) is 0 Å². The highest BCUT2D eigenvalue weighted by Gasteiger charge is 2.25. The fraction of sp³-hybridized carbons (Fsp3) is 0.273. The molecule has 0 aliphatic heterocycles. The Morgan fingerprint density at radius 1 is 1.03 bits per heavy atom. The number of rotatable bonds is 7. The van der Waals surface area contributed by atoms with Gasteiger partial charge in [-0.15, -0.1) is 0 Å². The average molecular weight is 393 g/mol. The summed E-state index contributed by atoms with van der Waals surface area (Å²) in [7, 11) is 0. The second-order valence-electron chi connectivity index (χ2n) is 6.48. The normalized spacial score (nSPS) is 11.8. The Labute approximate surface area is 168 Å². The second-order valence-corrected chi connectivity index (χ2v) is 6.48. The summed E-state index contributed by atoms with van der Waals surface area (Å²) in [5.74, 6) is -1.05. The van der Waals surface area contributed by atoms with E-state index in [9.17, 15) is 14.4 Å². The Kier molecular flexibility index (Phi) is 6.39. The largest absolute Gasteiger partial charge is 0.464 e. The number of nitrogens with one attached hydrogen (secondary N) is 1. The van der Waals surface area contributed by atoms with E-state index in [4.69, 9.17) is 4.74 Å². The zero-order valence-corrected chi connectivity index (χ0v) is 16.4. The first-order valence-electron chi connectivity index (χ1n) is 9.56. The van der Waals surface area contributed by atoms with Crippen LogP contribution in [0.5, 0.6) is 0 Å². The van der Waals surface area contributed by atoms with E-state index < -0.39 is 17.9 Å². The highest BCUT2D eigenvalue weighted by atomic mass is 16.5. The molecule has 1 unspecified atom stereocenters.